The molecule has 0 heterocycles. The Morgan fingerprint density at radius 1 is 1.06 bits per heavy atom. The normalized spacial score (nSPS) is 10.9. The van der Waals surface area contributed by atoms with E-state index >= 15 is 0 Å². The second-order valence-corrected chi connectivity index (χ2v) is 4.22. The number of halogens is 1. The van der Waals surface area contributed by atoms with Crippen LogP contribution in [-0.4, -0.2) is 6.21 Å². The van der Waals surface area contributed by atoms with Gasteiger partial charge in [0, 0.05) is 16.1 Å². The molecule has 0 bridgehead atoms. The molecular formula is C13H10ClNS. The number of para-hydroxylation sites is 1. The molecule has 0 radical (unpaired) electrons. The number of aliphatic imine (C=N–C) groups is 1. The van der Waals surface area contributed by atoms with Crippen molar-refractivity contribution in [3.63, 3.8) is 0 Å². The summed E-state index contributed by atoms with van der Waals surface area (Å²) in [5.74, 6) is 0. The smallest absolute Gasteiger partial charge is 0.0763 e. The maximum absolute atomic E-state index is 5.88. The van der Waals surface area contributed by atoms with Crippen LogP contribution in [0.1, 0.15) is 5.56 Å². The van der Waals surface area contributed by atoms with E-state index < -0.39 is 0 Å². The van der Waals surface area contributed by atoms with E-state index in [-0.39, 0.29) is 0 Å². The Morgan fingerprint density at radius 3 is 2.62 bits per heavy atom. The Labute approximate surface area is 105 Å². The zero-order chi connectivity index (χ0) is 11.4. The summed E-state index contributed by atoms with van der Waals surface area (Å²) in [6.07, 6.45) is 1.78. The largest absolute Gasteiger partial charge is 0.255 e. The van der Waals surface area contributed by atoms with Gasteiger partial charge in [0.05, 0.1) is 5.69 Å². The highest BCUT2D eigenvalue weighted by atomic mass is 35.5. The maximum Gasteiger partial charge on any atom is 0.0763 e. The molecule has 0 aliphatic rings. The second-order valence-electron chi connectivity index (χ2n) is 3.30. The average molecular weight is 248 g/mol. The Bertz CT molecular complexity index is 523. The minimum absolute atomic E-state index is 0.711. The van der Waals surface area contributed by atoms with Crippen molar-refractivity contribution in [2.75, 3.05) is 0 Å². The van der Waals surface area contributed by atoms with Crippen molar-refractivity contribution in [1.29, 1.82) is 0 Å². The molecule has 2 aromatic rings. The summed E-state index contributed by atoms with van der Waals surface area (Å²) in [4.78, 5) is 5.22. The molecule has 0 spiro atoms. The molecule has 1 nitrogen and oxygen atoms in total. The van der Waals surface area contributed by atoms with Crippen molar-refractivity contribution in [2.45, 2.75) is 4.90 Å². The summed E-state index contributed by atoms with van der Waals surface area (Å²) in [6, 6.07) is 15.3. The molecule has 2 rings (SSSR count). The zero-order valence-corrected chi connectivity index (χ0v) is 10.1. The van der Waals surface area contributed by atoms with Gasteiger partial charge in [-0.1, -0.05) is 35.9 Å². The van der Waals surface area contributed by atoms with Crippen molar-refractivity contribution in [2.24, 2.45) is 4.99 Å². The first-order valence-electron chi connectivity index (χ1n) is 4.83. The van der Waals surface area contributed by atoms with Crippen molar-refractivity contribution in [1.82, 2.24) is 0 Å². The lowest BCUT2D eigenvalue weighted by atomic mass is 10.2. The quantitative estimate of drug-likeness (QED) is 0.597. The molecule has 0 amide bonds. The summed E-state index contributed by atoms with van der Waals surface area (Å²) in [5.41, 5.74) is 1.83. The van der Waals surface area contributed by atoms with Gasteiger partial charge in [-0.15, -0.1) is 12.6 Å². The van der Waals surface area contributed by atoms with Crippen LogP contribution in [0.2, 0.25) is 5.02 Å². The molecule has 0 saturated carbocycles. The van der Waals surface area contributed by atoms with Crippen molar-refractivity contribution in [3.8, 4) is 0 Å². The van der Waals surface area contributed by atoms with Crippen LogP contribution >= 0.6 is 24.2 Å². The monoisotopic (exact) mass is 247 g/mol. The Balaban J connectivity index is 2.25. The van der Waals surface area contributed by atoms with E-state index in [1.807, 2.05) is 48.5 Å². The van der Waals surface area contributed by atoms with E-state index in [9.17, 15) is 0 Å². The lowest BCUT2D eigenvalue weighted by Gasteiger charge is -1.97. The summed E-state index contributed by atoms with van der Waals surface area (Å²) < 4.78 is 0. The number of hydrogen-bond donors (Lipinski definition) is 1. The number of hydrogen-bond acceptors (Lipinski definition) is 2. The molecule has 2 aromatic carbocycles. The Kier molecular flexibility index (Phi) is 3.65. The number of thiol groups is 1. The van der Waals surface area contributed by atoms with Gasteiger partial charge < -0.3 is 0 Å². The molecule has 0 unspecified atom stereocenters. The van der Waals surface area contributed by atoms with Crippen LogP contribution in [0.25, 0.3) is 0 Å². The van der Waals surface area contributed by atoms with Crippen molar-refractivity contribution < 1.29 is 0 Å². The fourth-order valence-electron chi connectivity index (χ4n) is 1.30. The van der Waals surface area contributed by atoms with Crippen LogP contribution in [0.5, 0.6) is 0 Å². The van der Waals surface area contributed by atoms with E-state index in [4.69, 9.17) is 11.6 Å². The number of nitrogens with zero attached hydrogens (tertiary/aromatic N) is 1. The molecule has 0 aliphatic carbocycles. The van der Waals surface area contributed by atoms with Gasteiger partial charge in [-0.2, -0.15) is 0 Å². The SMILES string of the molecule is Sc1ccccc1N=Cc1cccc(Cl)c1. The van der Waals surface area contributed by atoms with Gasteiger partial charge in [0.2, 0.25) is 0 Å². The fraction of sp³-hybridized carbons (Fsp3) is 0. The molecule has 3 heteroatoms. The number of rotatable bonds is 2. The second kappa shape index (κ2) is 5.19. The van der Waals surface area contributed by atoms with E-state index in [0.717, 1.165) is 16.1 Å². The van der Waals surface area contributed by atoms with Crippen molar-refractivity contribution in [3.05, 3.63) is 59.1 Å². The molecular weight excluding hydrogens is 238 g/mol. The predicted octanol–water partition coefficient (Wildman–Crippen LogP) is 4.38. The summed E-state index contributed by atoms with van der Waals surface area (Å²) in [5, 5.41) is 0.711. The Morgan fingerprint density at radius 2 is 1.88 bits per heavy atom. The van der Waals surface area contributed by atoms with Crippen LogP contribution in [0, 0.1) is 0 Å². The molecule has 0 atom stereocenters. The summed E-state index contributed by atoms with van der Waals surface area (Å²) in [6.45, 7) is 0. The van der Waals surface area contributed by atoms with Crippen LogP contribution in [0.4, 0.5) is 5.69 Å². The first-order valence-corrected chi connectivity index (χ1v) is 5.66. The maximum atomic E-state index is 5.88. The Hall–Kier alpha value is -1.25. The van der Waals surface area contributed by atoms with E-state index in [1.54, 1.807) is 6.21 Å². The van der Waals surface area contributed by atoms with Crippen LogP contribution in [0.3, 0.4) is 0 Å². The van der Waals surface area contributed by atoms with Crippen LogP contribution < -0.4 is 0 Å². The third-order valence-electron chi connectivity index (χ3n) is 2.08. The summed E-state index contributed by atoms with van der Waals surface area (Å²) >= 11 is 10.2. The lowest BCUT2D eigenvalue weighted by molar-refractivity contribution is 1.39. The fourth-order valence-corrected chi connectivity index (χ4v) is 1.72. The molecule has 0 fully saturated rings. The molecule has 0 saturated heterocycles. The summed E-state index contributed by atoms with van der Waals surface area (Å²) in [7, 11) is 0. The highest BCUT2D eigenvalue weighted by Gasteiger charge is 1.94. The van der Waals surface area contributed by atoms with Gasteiger partial charge in [0.25, 0.3) is 0 Å². The van der Waals surface area contributed by atoms with E-state index in [0.29, 0.717) is 5.02 Å². The van der Waals surface area contributed by atoms with Gasteiger partial charge in [0.1, 0.15) is 0 Å². The van der Waals surface area contributed by atoms with E-state index in [1.165, 1.54) is 0 Å². The third-order valence-corrected chi connectivity index (χ3v) is 2.70. The first kappa shape index (κ1) is 11.2. The minimum Gasteiger partial charge on any atom is -0.255 e. The molecule has 16 heavy (non-hydrogen) atoms. The van der Waals surface area contributed by atoms with Crippen LogP contribution in [-0.2, 0) is 0 Å². The van der Waals surface area contributed by atoms with Crippen LogP contribution in [0.15, 0.2) is 58.4 Å². The highest BCUT2D eigenvalue weighted by Crippen LogP contribution is 2.21. The van der Waals surface area contributed by atoms with Gasteiger partial charge in [-0.25, -0.2) is 0 Å². The molecule has 0 aromatic heterocycles. The number of benzene rings is 2. The van der Waals surface area contributed by atoms with Crippen molar-refractivity contribution >= 4 is 36.1 Å². The topological polar surface area (TPSA) is 12.4 Å². The predicted molar refractivity (Wildman–Crippen MR) is 72.4 cm³/mol. The van der Waals surface area contributed by atoms with E-state index in [2.05, 4.69) is 17.6 Å². The van der Waals surface area contributed by atoms with Gasteiger partial charge >= 0.3 is 0 Å². The third kappa shape index (κ3) is 2.87. The van der Waals surface area contributed by atoms with Gasteiger partial charge in [-0.3, -0.25) is 4.99 Å². The highest BCUT2D eigenvalue weighted by molar-refractivity contribution is 7.80. The lowest BCUT2D eigenvalue weighted by Crippen LogP contribution is -1.79. The average Bonchev–Trinajstić information content (AvgIpc) is 2.28. The standard InChI is InChI=1S/C13H10ClNS/c14-11-5-3-4-10(8-11)9-15-12-6-1-2-7-13(12)16/h1-9,16H. The zero-order valence-electron chi connectivity index (χ0n) is 8.47. The molecule has 0 N–H and O–H groups in total. The molecule has 80 valence electrons. The molecule has 0 aliphatic heterocycles. The van der Waals surface area contributed by atoms with Gasteiger partial charge in [0.15, 0.2) is 0 Å². The first-order chi connectivity index (χ1) is 7.75. The minimum atomic E-state index is 0.711. The van der Waals surface area contributed by atoms with Gasteiger partial charge in [-0.05, 0) is 29.8 Å².